The minimum atomic E-state index is -0.549. The molecule has 0 amide bonds. The fraction of sp³-hybridized carbons (Fsp3) is 0.462. The first kappa shape index (κ1) is 12.8. The summed E-state index contributed by atoms with van der Waals surface area (Å²) in [5.74, 6) is -0.353. The van der Waals surface area contributed by atoms with Crippen LogP contribution in [0.4, 0.5) is 8.78 Å². The van der Waals surface area contributed by atoms with Crippen molar-refractivity contribution >= 4 is 5.96 Å². The molecule has 0 saturated carbocycles. The van der Waals surface area contributed by atoms with Gasteiger partial charge in [0.05, 0.1) is 6.54 Å². The lowest BCUT2D eigenvalue weighted by Gasteiger charge is -2.15. The molecule has 98 valence electrons. The average Bonchev–Trinajstić information content (AvgIpc) is 2.72. The van der Waals surface area contributed by atoms with Gasteiger partial charge in [0, 0.05) is 24.6 Å². The van der Waals surface area contributed by atoms with Crippen molar-refractivity contribution in [2.24, 2.45) is 4.99 Å². The standard InChI is InChI=1S/C13H17F2N3/c1-8(6-16-13-17-7-9(2)18-13)11-4-3-10(14)5-12(11)15/h3-5,8-9H,6-7H2,1-2H3,(H2,16,17,18). The summed E-state index contributed by atoms with van der Waals surface area (Å²) >= 11 is 0. The van der Waals surface area contributed by atoms with E-state index in [1.165, 1.54) is 12.1 Å². The summed E-state index contributed by atoms with van der Waals surface area (Å²) in [4.78, 5) is 4.26. The molecule has 2 unspecified atom stereocenters. The van der Waals surface area contributed by atoms with Gasteiger partial charge in [-0.15, -0.1) is 0 Å². The molecule has 0 aliphatic carbocycles. The van der Waals surface area contributed by atoms with Crippen molar-refractivity contribution < 1.29 is 8.78 Å². The first-order chi connectivity index (χ1) is 8.56. The number of benzene rings is 1. The van der Waals surface area contributed by atoms with Crippen LogP contribution in [0.15, 0.2) is 23.2 Å². The number of aliphatic imine (C=N–C) groups is 1. The van der Waals surface area contributed by atoms with Crippen molar-refractivity contribution in [2.45, 2.75) is 25.8 Å². The Bertz CT molecular complexity index is 460. The summed E-state index contributed by atoms with van der Waals surface area (Å²) in [5.41, 5.74) is 0.510. The van der Waals surface area contributed by atoms with Crippen molar-refractivity contribution in [3.63, 3.8) is 0 Å². The van der Waals surface area contributed by atoms with Gasteiger partial charge in [-0.1, -0.05) is 13.0 Å². The Morgan fingerprint density at radius 2 is 2.28 bits per heavy atom. The first-order valence-corrected chi connectivity index (χ1v) is 6.06. The van der Waals surface area contributed by atoms with E-state index in [4.69, 9.17) is 0 Å². The lowest BCUT2D eigenvalue weighted by molar-refractivity contribution is 0.556. The van der Waals surface area contributed by atoms with Gasteiger partial charge in [0.2, 0.25) is 0 Å². The lowest BCUT2D eigenvalue weighted by atomic mass is 10.0. The molecule has 0 fully saturated rings. The number of hydrogen-bond acceptors (Lipinski definition) is 3. The summed E-state index contributed by atoms with van der Waals surface area (Å²) in [6.45, 7) is 5.24. The fourth-order valence-corrected chi connectivity index (χ4v) is 1.92. The number of hydrogen-bond donors (Lipinski definition) is 2. The van der Waals surface area contributed by atoms with Crippen molar-refractivity contribution in [2.75, 3.05) is 13.1 Å². The van der Waals surface area contributed by atoms with Crippen LogP contribution in [0.5, 0.6) is 0 Å². The van der Waals surface area contributed by atoms with Crippen LogP contribution in [-0.4, -0.2) is 25.1 Å². The summed E-state index contributed by atoms with van der Waals surface area (Å²) < 4.78 is 26.4. The maximum atomic E-state index is 13.5. The van der Waals surface area contributed by atoms with Gasteiger partial charge in [0.25, 0.3) is 0 Å². The Kier molecular flexibility index (Phi) is 3.79. The Balaban J connectivity index is 1.93. The normalized spacial score (nSPS) is 20.2. The SMILES string of the molecule is CC1CN=C(NCC(C)c2ccc(F)cc2F)N1. The van der Waals surface area contributed by atoms with E-state index in [0.717, 1.165) is 18.6 Å². The average molecular weight is 253 g/mol. The molecule has 1 aromatic carbocycles. The van der Waals surface area contributed by atoms with Crippen LogP contribution in [0.2, 0.25) is 0 Å². The smallest absolute Gasteiger partial charge is 0.191 e. The lowest BCUT2D eigenvalue weighted by Crippen LogP contribution is -2.39. The zero-order chi connectivity index (χ0) is 13.1. The zero-order valence-electron chi connectivity index (χ0n) is 10.5. The largest absolute Gasteiger partial charge is 0.356 e. The molecule has 1 aliphatic rings. The maximum Gasteiger partial charge on any atom is 0.191 e. The van der Waals surface area contributed by atoms with Gasteiger partial charge in [-0.25, -0.2) is 8.78 Å². The van der Waals surface area contributed by atoms with Gasteiger partial charge in [-0.05, 0) is 18.6 Å². The second-order valence-corrected chi connectivity index (χ2v) is 4.68. The quantitative estimate of drug-likeness (QED) is 0.864. The topological polar surface area (TPSA) is 36.4 Å². The third-order valence-electron chi connectivity index (χ3n) is 2.98. The van der Waals surface area contributed by atoms with Gasteiger partial charge >= 0.3 is 0 Å². The highest BCUT2D eigenvalue weighted by Crippen LogP contribution is 2.19. The van der Waals surface area contributed by atoms with Crippen molar-refractivity contribution in [3.05, 3.63) is 35.4 Å². The molecule has 0 radical (unpaired) electrons. The van der Waals surface area contributed by atoms with Crippen LogP contribution >= 0.6 is 0 Å². The molecule has 3 nitrogen and oxygen atoms in total. The van der Waals surface area contributed by atoms with E-state index >= 15 is 0 Å². The summed E-state index contributed by atoms with van der Waals surface area (Å²) in [6, 6.07) is 4.02. The number of nitrogens with one attached hydrogen (secondary N) is 2. The van der Waals surface area contributed by atoms with Crippen molar-refractivity contribution in [1.82, 2.24) is 10.6 Å². The number of guanidine groups is 1. The third kappa shape index (κ3) is 2.97. The second kappa shape index (κ2) is 5.33. The van der Waals surface area contributed by atoms with E-state index in [1.807, 2.05) is 13.8 Å². The van der Waals surface area contributed by atoms with E-state index in [2.05, 4.69) is 15.6 Å². The van der Waals surface area contributed by atoms with Crippen molar-refractivity contribution in [3.8, 4) is 0 Å². The first-order valence-electron chi connectivity index (χ1n) is 6.06. The molecule has 0 spiro atoms. The molecule has 2 N–H and O–H groups in total. The van der Waals surface area contributed by atoms with Crippen LogP contribution in [0.25, 0.3) is 0 Å². The highest BCUT2D eigenvalue weighted by molar-refractivity contribution is 5.81. The van der Waals surface area contributed by atoms with Gasteiger partial charge in [0.1, 0.15) is 11.6 Å². The molecule has 2 rings (SSSR count). The summed E-state index contributed by atoms with van der Waals surface area (Å²) in [7, 11) is 0. The summed E-state index contributed by atoms with van der Waals surface area (Å²) in [6.07, 6.45) is 0. The van der Waals surface area contributed by atoms with E-state index < -0.39 is 11.6 Å². The fourth-order valence-electron chi connectivity index (χ4n) is 1.92. The molecule has 1 heterocycles. The van der Waals surface area contributed by atoms with E-state index in [-0.39, 0.29) is 5.92 Å². The Hall–Kier alpha value is -1.65. The van der Waals surface area contributed by atoms with Crippen LogP contribution in [0.1, 0.15) is 25.3 Å². The number of rotatable bonds is 3. The Morgan fingerprint density at radius 1 is 1.50 bits per heavy atom. The van der Waals surface area contributed by atoms with E-state index in [0.29, 0.717) is 18.2 Å². The predicted molar refractivity (Wildman–Crippen MR) is 67.7 cm³/mol. The van der Waals surface area contributed by atoms with Crippen LogP contribution in [0, 0.1) is 11.6 Å². The molecular weight excluding hydrogens is 236 g/mol. The summed E-state index contributed by atoms with van der Waals surface area (Å²) in [5, 5.41) is 6.30. The molecule has 0 saturated heterocycles. The minimum absolute atomic E-state index is 0.0500. The van der Waals surface area contributed by atoms with Crippen LogP contribution < -0.4 is 10.6 Å². The number of halogens is 2. The van der Waals surface area contributed by atoms with Crippen LogP contribution in [0.3, 0.4) is 0 Å². The van der Waals surface area contributed by atoms with Crippen molar-refractivity contribution in [1.29, 1.82) is 0 Å². The van der Waals surface area contributed by atoms with Gasteiger partial charge in [-0.2, -0.15) is 0 Å². The molecular formula is C13H17F2N3. The molecule has 0 aromatic heterocycles. The monoisotopic (exact) mass is 253 g/mol. The van der Waals surface area contributed by atoms with Gasteiger partial charge < -0.3 is 10.6 Å². The Labute approximate surface area is 105 Å². The molecule has 1 aromatic rings. The predicted octanol–water partition coefficient (Wildman–Crippen LogP) is 2.01. The van der Waals surface area contributed by atoms with Crippen LogP contribution in [-0.2, 0) is 0 Å². The van der Waals surface area contributed by atoms with E-state index in [1.54, 1.807) is 0 Å². The molecule has 1 aliphatic heterocycles. The van der Waals surface area contributed by atoms with Gasteiger partial charge in [0.15, 0.2) is 5.96 Å². The highest BCUT2D eigenvalue weighted by Gasteiger charge is 2.15. The molecule has 0 bridgehead atoms. The zero-order valence-corrected chi connectivity index (χ0v) is 10.5. The minimum Gasteiger partial charge on any atom is -0.356 e. The third-order valence-corrected chi connectivity index (χ3v) is 2.98. The highest BCUT2D eigenvalue weighted by atomic mass is 19.1. The van der Waals surface area contributed by atoms with Gasteiger partial charge in [-0.3, -0.25) is 4.99 Å². The number of nitrogens with zero attached hydrogens (tertiary/aromatic N) is 1. The molecule has 18 heavy (non-hydrogen) atoms. The maximum absolute atomic E-state index is 13.5. The Morgan fingerprint density at radius 3 is 2.89 bits per heavy atom. The second-order valence-electron chi connectivity index (χ2n) is 4.68. The molecule has 2 atom stereocenters. The van der Waals surface area contributed by atoms with E-state index in [9.17, 15) is 8.78 Å². The molecule has 5 heteroatoms.